The number of nitrogens with zero attached hydrogens (tertiary/aromatic N) is 3. The summed E-state index contributed by atoms with van der Waals surface area (Å²) < 4.78 is 26.9. The standard InChI is InChI=1S/C20H20ClN5O3S2/c21-16-8-6-14(7-9-16)13-30-20-23-19(24-25-20)22-18(27)15-4-3-5-17(12-15)31(28,29)26-10-1-2-11-26/h3-9,12H,1-2,10-11,13H2,(H2,22,23,24,25,27). The molecule has 0 atom stereocenters. The third-order valence-electron chi connectivity index (χ3n) is 4.78. The number of sulfonamides is 1. The van der Waals surface area contributed by atoms with Crippen LogP contribution in [0.3, 0.4) is 0 Å². The number of rotatable bonds is 7. The van der Waals surface area contributed by atoms with E-state index in [0.717, 1.165) is 18.4 Å². The topological polar surface area (TPSA) is 108 Å². The Balaban J connectivity index is 1.40. The van der Waals surface area contributed by atoms with Crippen molar-refractivity contribution in [2.45, 2.75) is 28.6 Å². The van der Waals surface area contributed by atoms with Gasteiger partial charge in [0, 0.05) is 29.4 Å². The van der Waals surface area contributed by atoms with Gasteiger partial charge in [0.15, 0.2) is 0 Å². The molecule has 0 spiro atoms. The van der Waals surface area contributed by atoms with E-state index in [1.54, 1.807) is 12.1 Å². The molecule has 162 valence electrons. The first-order valence-corrected chi connectivity index (χ1v) is 12.4. The van der Waals surface area contributed by atoms with E-state index in [1.807, 2.05) is 24.3 Å². The van der Waals surface area contributed by atoms with Crippen molar-refractivity contribution in [3.8, 4) is 0 Å². The normalized spacial score (nSPS) is 14.6. The number of hydrogen-bond acceptors (Lipinski definition) is 6. The van der Waals surface area contributed by atoms with Crippen molar-refractivity contribution in [1.82, 2.24) is 19.5 Å². The fourth-order valence-electron chi connectivity index (χ4n) is 3.15. The second-order valence-electron chi connectivity index (χ2n) is 6.97. The van der Waals surface area contributed by atoms with Gasteiger partial charge in [0.2, 0.25) is 21.1 Å². The van der Waals surface area contributed by atoms with Crippen LogP contribution >= 0.6 is 23.4 Å². The molecule has 3 aromatic rings. The van der Waals surface area contributed by atoms with Gasteiger partial charge in [-0.1, -0.05) is 41.6 Å². The van der Waals surface area contributed by atoms with E-state index in [9.17, 15) is 13.2 Å². The molecular weight excluding hydrogens is 458 g/mol. The molecule has 31 heavy (non-hydrogen) atoms. The number of benzene rings is 2. The van der Waals surface area contributed by atoms with Crippen LogP contribution in [0.5, 0.6) is 0 Å². The van der Waals surface area contributed by atoms with E-state index in [0.29, 0.717) is 29.0 Å². The minimum Gasteiger partial charge on any atom is -0.291 e. The first kappa shape index (κ1) is 21.8. The van der Waals surface area contributed by atoms with Crippen LogP contribution in [0.25, 0.3) is 0 Å². The molecule has 1 fully saturated rings. The third kappa shape index (κ3) is 5.27. The van der Waals surface area contributed by atoms with Gasteiger partial charge in [0.25, 0.3) is 5.91 Å². The minimum atomic E-state index is -3.59. The van der Waals surface area contributed by atoms with Gasteiger partial charge in [-0.2, -0.15) is 9.29 Å². The zero-order valence-corrected chi connectivity index (χ0v) is 18.8. The van der Waals surface area contributed by atoms with E-state index < -0.39 is 15.9 Å². The van der Waals surface area contributed by atoms with Crippen LogP contribution in [0.4, 0.5) is 5.95 Å². The first-order chi connectivity index (χ1) is 14.9. The molecule has 2 N–H and O–H groups in total. The number of anilines is 1. The van der Waals surface area contributed by atoms with E-state index in [4.69, 9.17) is 11.6 Å². The first-order valence-electron chi connectivity index (χ1n) is 9.63. The van der Waals surface area contributed by atoms with Crippen LogP contribution < -0.4 is 5.32 Å². The van der Waals surface area contributed by atoms with Crippen LogP contribution in [0.2, 0.25) is 5.02 Å². The van der Waals surface area contributed by atoms with Crippen molar-refractivity contribution in [1.29, 1.82) is 0 Å². The van der Waals surface area contributed by atoms with Crippen molar-refractivity contribution >= 4 is 45.2 Å². The number of H-pyrrole nitrogens is 1. The summed E-state index contributed by atoms with van der Waals surface area (Å²) >= 11 is 7.30. The van der Waals surface area contributed by atoms with E-state index >= 15 is 0 Å². The highest BCUT2D eigenvalue weighted by atomic mass is 35.5. The Bertz CT molecular complexity index is 1180. The molecule has 0 saturated carbocycles. The van der Waals surface area contributed by atoms with Gasteiger partial charge in [-0.25, -0.2) is 13.5 Å². The second kappa shape index (κ2) is 9.39. The van der Waals surface area contributed by atoms with E-state index in [2.05, 4.69) is 20.5 Å². The van der Waals surface area contributed by atoms with E-state index in [1.165, 1.54) is 28.2 Å². The lowest BCUT2D eigenvalue weighted by molar-refractivity contribution is 0.102. The van der Waals surface area contributed by atoms with Gasteiger partial charge in [0.1, 0.15) is 0 Å². The highest BCUT2D eigenvalue weighted by Gasteiger charge is 2.27. The molecule has 2 aromatic carbocycles. The molecule has 0 bridgehead atoms. The Hall–Kier alpha value is -2.40. The zero-order valence-electron chi connectivity index (χ0n) is 16.4. The van der Waals surface area contributed by atoms with Crippen LogP contribution in [-0.4, -0.2) is 46.9 Å². The zero-order chi connectivity index (χ0) is 21.8. The third-order valence-corrected chi connectivity index (χ3v) is 7.84. The highest BCUT2D eigenvalue weighted by Crippen LogP contribution is 2.23. The van der Waals surface area contributed by atoms with Crippen molar-refractivity contribution in [2.24, 2.45) is 0 Å². The van der Waals surface area contributed by atoms with Gasteiger partial charge in [-0.05, 0) is 48.7 Å². The van der Waals surface area contributed by atoms with Gasteiger partial charge in [0.05, 0.1) is 4.90 Å². The molecule has 4 rings (SSSR count). The quantitative estimate of drug-likeness (QED) is 0.501. The number of amides is 1. The van der Waals surface area contributed by atoms with Crippen molar-refractivity contribution < 1.29 is 13.2 Å². The maximum absolute atomic E-state index is 12.7. The fraction of sp³-hybridized carbons (Fsp3) is 0.250. The predicted octanol–water partition coefficient (Wildman–Crippen LogP) is 3.79. The number of hydrogen-bond donors (Lipinski definition) is 2. The Kier molecular flexibility index (Phi) is 6.61. The van der Waals surface area contributed by atoms with Crippen molar-refractivity contribution in [3.05, 3.63) is 64.7 Å². The Morgan fingerprint density at radius 3 is 2.65 bits per heavy atom. The number of carbonyl (C=O) groups excluding carboxylic acids is 1. The van der Waals surface area contributed by atoms with Crippen LogP contribution in [0, 0.1) is 0 Å². The summed E-state index contributed by atoms with van der Waals surface area (Å²) in [5.41, 5.74) is 1.30. The average molecular weight is 478 g/mol. The summed E-state index contributed by atoms with van der Waals surface area (Å²) in [7, 11) is -3.59. The lowest BCUT2D eigenvalue weighted by atomic mass is 10.2. The van der Waals surface area contributed by atoms with Crippen LogP contribution in [-0.2, 0) is 15.8 Å². The summed E-state index contributed by atoms with van der Waals surface area (Å²) in [5.74, 6) is 0.374. The van der Waals surface area contributed by atoms with E-state index in [-0.39, 0.29) is 16.4 Å². The van der Waals surface area contributed by atoms with Gasteiger partial charge < -0.3 is 0 Å². The number of thioether (sulfide) groups is 1. The number of carbonyl (C=O) groups is 1. The molecular formula is C20H20ClN5O3S2. The summed E-state index contributed by atoms with van der Waals surface area (Å²) in [6, 6.07) is 13.5. The van der Waals surface area contributed by atoms with Gasteiger partial charge >= 0.3 is 0 Å². The van der Waals surface area contributed by atoms with Gasteiger partial charge in [-0.3, -0.25) is 10.1 Å². The lowest BCUT2D eigenvalue weighted by Crippen LogP contribution is -2.28. The Labute approximate surface area is 189 Å². The Morgan fingerprint density at radius 2 is 1.90 bits per heavy atom. The monoisotopic (exact) mass is 477 g/mol. The number of halogens is 1. The molecule has 1 aliphatic rings. The highest BCUT2D eigenvalue weighted by molar-refractivity contribution is 7.98. The maximum atomic E-state index is 12.7. The summed E-state index contributed by atoms with van der Waals surface area (Å²) in [6.07, 6.45) is 1.70. The van der Waals surface area contributed by atoms with Crippen molar-refractivity contribution in [2.75, 3.05) is 18.4 Å². The van der Waals surface area contributed by atoms with Crippen LogP contribution in [0.1, 0.15) is 28.8 Å². The molecule has 0 unspecified atom stereocenters. The molecule has 0 radical (unpaired) electrons. The average Bonchev–Trinajstić information content (AvgIpc) is 3.46. The van der Waals surface area contributed by atoms with Gasteiger partial charge in [-0.15, -0.1) is 5.10 Å². The molecule has 1 amide bonds. The Morgan fingerprint density at radius 1 is 1.16 bits per heavy atom. The SMILES string of the molecule is O=C(Nc1nc(SCc2ccc(Cl)cc2)n[nH]1)c1cccc(S(=O)(=O)N2CCCC2)c1. The van der Waals surface area contributed by atoms with Crippen LogP contribution in [0.15, 0.2) is 58.6 Å². The van der Waals surface area contributed by atoms with Crippen molar-refractivity contribution in [3.63, 3.8) is 0 Å². The predicted molar refractivity (Wildman–Crippen MR) is 120 cm³/mol. The molecule has 1 saturated heterocycles. The molecule has 0 aliphatic carbocycles. The molecule has 11 heteroatoms. The summed E-state index contributed by atoms with van der Waals surface area (Å²) in [4.78, 5) is 17.0. The smallest absolute Gasteiger partial charge is 0.258 e. The number of nitrogens with one attached hydrogen (secondary N) is 2. The largest absolute Gasteiger partial charge is 0.291 e. The fourth-order valence-corrected chi connectivity index (χ4v) is 5.59. The number of aromatic nitrogens is 3. The maximum Gasteiger partial charge on any atom is 0.258 e. The summed E-state index contributed by atoms with van der Waals surface area (Å²) in [6.45, 7) is 1.01. The molecule has 1 aromatic heterocycles. The lowest BCUT2D eigenvalue weighted by Gasteiger charge is -2.15. The minimum absolute atomic E-state index is 0.110. The molecule has 1 aliphatic heterocycles. The molecule has 2 heterocycles. The number of aromatic amines is 1. The second-order valence-corrected chi connectivity index (χ2v) is 10.3. The molecule has 8 nitrogen and oxygen atoms in total. The summed E-state index contributed by atoms with van der Waals surface area (Å²) in [5, 5.41) is 10.6.